The minimum Gasteiger partial charge on any atom is -0.353 e. The van der Waals surface area contributed by atoms with Crippen LogP contribution in [0.3, 0.4) is 0 Å². The fraction of sp³-hybridized carbons (Fsp3) is 0.565. The minimum atomic E-state index is 0.0708. The molecule has 0 radical (unpaired) electrons. The van der Waals surface area contributed by atoms with Crippen LogP contribution in [0.1, 0.15) is 45.1 Å². The predicted molar refractivity (Wildman–Crippen MR) is 111 cm³/mol. The summed E-state index contributed by atoms with van der Waals surface area (Å²) >= 11 is 0. The summed E-state index contributed by atoms with van der Waals surface area (Å²) < 4.78 is 2.08. The molecule has 1 saturated heterocycles. The van der Waals surface area contributed by atoms with Gasteiger partial charge >= 0.3 is 0 Å². The maximum Gasteiger partial charge on any atom is 0.224 e. The maximum atomic E-state index is 12.7. The van der Waals surface area contributed by atoms with Gasteiger partial charge in [-0.2, -0.15) is 0 Å². The molecule has 2 heterocycles. The van der Waals surface area contributed by atoms with E-state index in [1.807, 2.05) is 19.2 Å². The maximum absolute atomic E-state index is 12.7. The molecule has 2 aliphatic rings. The van der Waals surface area contributed by atoms with Crippen LogP contribution < -0.4 is 10.6 Å². The van der Waals surface area contributed by atoms with E-state index in [0.717, 1.165) is 42.1 Å². The Balaban J connectivity index is 1.39. The highest BCUT2D eigenvalue weighted by Gasteiger charge is 2.43. The molecular weight excluding hydrogens is 350 g/mol. The first-order valence-electron chi connectivity index (χ1n) is 10.6. The summed E-state index contributed by atoms with van der Waals surface area (Å²) in [6.45, 7) is 4.32. The minimum absolute atomic E-state index is 0.0708. The third-order valence-corrected chi connectivity index (χ3v) is 7.01. The van der Waals surface area contributed by atoms with E-state index >= 15 is 0 Å². The number of hydrogen-bond acceptors (Lipinski definition) is 2. The van der Waals surface area contributed by atoms with Gasteiger partial charge < -0.3 is 15.2 Å². The molecule has 4 rings (SSSR count). The Morgan fingerprint density at radius 2 is 2.07 bits per heavy atom. The quantitative estimate of drug-likeness (QED) is 0.854. The van der Waals surface area contributed by atoms with Gasteiger partial charge in [0, 0.05) is 42.1 Å². The largest absolute Gasteiger partial charge is 0.353 e. The second kappa shape index (κ2) is 7.61. The van der Waals surface area contributed by atoms with E-state index in [4.69, 9.17) is 0 Å². The Morgan fingerprint density at radius 3 is 2.86 bits per heavy atom. The second-order valence-electron chi connectivity index (χ2n) is 8.69. The number of piperidine rings is 1. The van der Waals surface area contributed by atoms with Gasteiger partial charge in [0.15, 0.2) is 0 Å². The van der Waals surface area contributed by atoms with E-state index < -0.39 is 0 Å². The van der Waals surface area contributed by atoms with Crippen LogP contribution in [0, 0.1) is 17.8 Å². The van der Waals surface area contributed by atoms with Gasteiger partial charge in [-0.1, -0.05) is 32.0 Å². The van der Waals surface area contributed by atoms with Gasteiger partial charge in [-0.25, -0.2) is 0 Å². The molecule has 150 valence electrons. The zero-order chi connectivity index (χ0) is 19.8. The average molecular weight is 382 g/mol. The number of nitrogens with one attached hydrogen (secondary N) is 2. The van der Waals surface area contributed by atoms with Crippen LogP contribution >= 0.6 is 0 Å². The molecule has 1 aromatic heterocycles. The van der Waals surface area contributed by atoms with Crippen molar-refractivity contribution in [2.75, 3.05) is 0 Å². The number of benzene rings is 1. The lowest BCUT2D eigenvalue weighted by molar-refractivity contribution is -0.133. The molecule has 1 aliphatic heterocycles. The van der Waals surface area contributed by atoms with E-state index in [1.165, 1.54) is 0 Å². The van der Waals surface area contributed by atoms with E-state index in [2.05, 4.69) is 47.4 Å². The highest BCUT2D eigenvalue weighted by Crippen LogP contribution is 2.38. The molecule has 5 heteroatoms. The van der Waals surface area contributed by atoms with Crippen molar-refractivity contribution in [3.05, 3.63) is 36.0 Å². The summed E-state index contributed by atoms with van der Waals surface area (Å²) in [5.41, 5.74) is 2.21. The molecular formula is C23H31N3O2. The Morgan fingerprint density at radius 1 is 1.29 bits per heavy atom. The molecule has 5 atom stereocenters. The molecule has 0 bridgehead atoms. The van der Waals surface area contributed by atoms with Gasteiger partial charge in [0.05, 0.1) is 6.42 Å². The lowest BCUT2D eigenvalue weighted by atomic mass is 9.67. The summed E-state index contributed by atoms with van der Waals surface area (Å²) in [5, 5.41) is 7.61. The van der Waals surface area contributed by atoms with E-state index in [1.54, 1.807) is 0 Å². The number of nitrogens with zero attached hydrogens (tertiary/aromatic N) is 1. The number of carbonyl (C=O) groups is 2. The van der Waals surface area contributed by atoms with Crippen LogP contribution in [0.4, 0.5) is 0 Å². The van der Waals surface area contributed by atoms with Gasteiger partial charge in [0.2, 0.25) is 11.8 Å². The second-order valence-corrected chi connectivity index (χ2v) is 8.69. The molecule has 5 nitrogen and oxygen atoms in total. The van der Waals surface area contributed by atoms with Crippen molar-refractivity contribution in [2.45, 2.75) is 58.0 Å². The van der Waals surface area contributed by atoms with Crippen LogP contribution in [0.25, 0.3) is 10.9 Å². The Kier molecular flexibility index (Phi) is 5.17. The zero-order valence-electron chi connectivity index (χ0n) is 17.1. The number of para-hydroxylation sites is 1. The summed E-state index contributed by atoms with van der Waals surface area (Å²) in [5.74, 6) is 1.36. The number of carbonyl (C=O) groups excluding carboxylic acids is 2. The van der Waals surface area contributed by atoms with Crippen molar-refractivity contribution < 1.29 is 9.59 Å². The van der Waals surface area contributed by atoms with Crippen LogP contribution in [0.2, 0.25) is 0 Å². The van der Waals surface area contributed by atoms with Gasteiger partial charge in [0.25, 0.3) is 0 Å². The monoisotopic (exact) mass is 381 g/mol. The molecule has 2 fully saturated rings. The summed E-state index contributed by atoms with van der Waals surface area (Å²) in [6, 6.07) is 8.53. The normalized spacial score (nSPS) is 30.0. The predicted octanol–water partition coefficient (Wildman–Crippen LogP) is 3.17. The van der Waals surface area contributed by atoms with Crippen molar-refractivity contribution in [1.29, 1.82) is 0 Å². The molecule has 0 spiro atoms. The molecule has 1 aliphatic carbocycles. The van der Waals surface area contributed by atoms with Crippen LogP contribution in [0.5, 0.6) is 0 Å². The zero-order valence-corrected chi connectivity index (χ0v) is 17.1. The first kappa shape index (κ1) is 19.0. The number of hydrogen-bond donors (Lipinski definition) is 2. The highest BCUT2D eigenvalue weighted by atomic mass is 16.2. The Hall–Kier alpha value is -2.30. The highest BCUT2D eigenvalue weighted by molar-refractivity contribution is 5.89. The van der Waals surface area contributed by atoms with Crippen molar-refractivity contribution in [2.24, 2.45) is 24.8 Å². The molecule has 1 saturated carbocycles. The van der Waals surface area contributed by atoms with E-state index in [-0.39, 0.29) is 29.8 Å². The molecule has 1 aromatic carbocycles. The summed E-state index contributed by atoms with van der Waals surface area (Å²) in [4.78, 5) is 25.1. The van der Waals surface area contributed by atoms with Gasteiger partial charge in [-0.15, -0.1) is 0 Å². The van der Waals surface area contributed by atoms with E-state index in [9.17, 15) is 9.59 Å². The number of amides is 2. The first-order valence-corrected chi connectivity index (χ1v) is 10.6. The third-order valence-electron chi connectivity index (χ3n) is 7.01. The number of aryl methyl sites for hydroxylation is 1. The fourth-order valence-corrected chi connectivity index (χ4v) is 5.52. The lowest BCUT2D eigenvalue weighted by Crippen LogP contribution is -2.58. The molecule has 2 N–H and O–H groups in total. The standard InChI is InChI=1S/C23H31N3O2/c1-4-17-14(2)18-10-9-16(12-20(18)25-23(17)28)24-22(27)11-15-13-26(3)21-8-6-5-7-19(15)21/h5-8,13-14,16-18,20H,4,9-12H2,1-3H3,(H,24,27)(H,25,28). The molecule has 5 unspecified atom stereocenters. The van der Waals surface area contributed by atoms with Crippen molar-refractivity contribution in [3.63, 3.8) is 0 Å². The van der Waals surface area contributed by atoms with Crippen LogP contribution in [0.15, 0.2) is 30.5 Å². The van der Waals surface area contributed by atoms with E-state index in [0.29, 0.717) is 18.3 Å². The van der Waals surface area contributed by atoms with Crippen molar-refractivity contribution in [1.82, 2.24) is 15.2 Å². The van der Waals surface area contributed by atoms with Crippen LogP contribution in [-0.4, -0.2) is 28.5 Å². The Labute approximate surface area is 166 Å². The number of rotatable bonds is 4. The van der Waals surface area contributed by atoms with Crippen LogP contribution in [-0.2, 0) is 23.1 Å². The summed E-state index contributed by atoms with van der Waals surface area (Å²) in [6.07, 6.45) is 6.27. The van der Waals surface area contributed by atoms with Gasteiger partial charge in [-0.3, -0.25) is 9.59 Å². The van der Waals surface area contributed by atoms with Gasteiger partial charge in [0.1, 0.15) is 0 Å². The molecule has 28 heavy (non-hydrogen) atoms. The fourth-order valence-electron chi connectivity index (χ4n) is 5.52. The lowest BCUT2D eigenvalue weighted by Gasteiger charge is -2.46. The Bertz CT molecular complexity index is 887. The first-order chi connectivity index (χ1) is 13.5. The topological polar surface area (TPSA) is 63.1 Å². The number of fused-ring (bicyclic) bond motifs is 2. The van der Waals surface area contributed by atoms with Gasteiger partial charge in [-0.05, 0) is 49.1 Å². The summed E-state index contributed by atoms with van der Waals surface area (Å²) in [7, 11) is 2.02. The average Bonchev–Trinajstić information content (AvgIpc) is 2.97. The smallest absolute Gasteiger partial charge is 0.224 e. The van der Waals surface area contributed by atoms with Crippen molar-refractivity contribution >= 4 is 22.7 Å². The molecule has 2 amide bonds. The SMILES string of the molecule is CCC1C(=O)NC2CC(NC(=O)Cc3cn(C)c4ccccc34)CCC2C1C. The third kappa shape index (κ3) is 3.43. The number of aromatic nitrogens is 1. The van der Waals surface area contributed by atoms with Crippen molar-refractivity contribution in [3.8, 4) is 0 Å². The molecule has 2 aromatic rings.